The summed E-state index contributed by atoms with van der Waals surface area (Å²) < 4.78 is 24.5. The molecule has 5 aromatic carbocycles. The van der Waals surface area contributed by atoms with Gasteiger partial charge in [-0.2, -0.15) is 0 Å². The predicted molar refractivity (Wildman–Crippen MR) is 280 cm³/mol. The van der Waals surface area contributed by atoms with E-state index >= 15 is 0 Å². The number of hydrogen-bond donors (Lipinski definition) is 2. The molecule has 70 heavy (non-hydrogen) atoms. The van der Waals surface area contributed by atoms with Crippen LogP contribution in [0, 0.1) is 0 Å². The van der Waals surface area contributed by atoms with Crippen molar-refractivity contribution in [3.05, 3.63) is 124 Å². The van der Waals surface area contributed by atoms with Crippen molar-refractivity contribution in [3.63, 3.8) is 0 Å². The third-order valence-corrected chi connectivity index (χ3v) is 17.1. The summed E-state index contributed by atoms with van der Waals surface area (Å²) in [6.45, 7) is 8.94. The van der Waals surface area contributed by atoms with Gasteiger partial charge in [0, 0.05) is 71.2 Å². The second-order valence-corrected chi connectivity index (χ2v) is 22.3. The summed E-state index contributed by atoms with van der Waals surface area (Å²) in [6, 6.07) is 28.4. The van der Waals surface area contributed by atoms with Crippen LogP contribution in [0.1, 0.15) is 103 Å². The maximum absolute atomic E-state index is 14.1. The summed E-state index contributed by atoms with van der Waals surface area (Å²) in [7, 11) is 6.70. The van der Waals surface area contributed by atoms with Gasteiger partial charge < -0.3 is 39.3 Å². The zero-order valence-electron chi connectivity index (χ0n) is 40.5. The minimum atomic E-state index is -0.200. The Hall–Kier alpha value is -6.45. The molecule has 0 radical (unpaired) electrons. The number of nitrogens with zero attached hydrogens (tertiary/aromatic N) is 3. The number of Topliss-reactive ketones (excluding diaryl/α,β-unsaturated/α-hetero) is 1. The van der Waals surface area contributed by atoms with Crippen LogP contribution < -0.4 is 39.4 Å². The van der Waals surface area contributed by atoms with Gasteiger partial charge in [0.1, 0.15) is 19.0 Å². The molecule has 0 aromatic heterocycles. The van der Waals surface area contributed by atoms with Gasteiger partial charge in [-0.25, -0.2) is 0 Å². The number of carbonyl (C=O) groups is 4. The molecule has 0 bridgehead atoms. The minimum Gasteiger partial charge on any atom is -0.493 e. The van der Waals surface area contributed by atoms with Gasteiger partial charge in [-0.15, -0.1) is 0 Å². The second-order valence-electron chi connectivity index (χ2n) is 19.0. The van der Waals surface area contributed by atoms with Crippen molar-refractivity contribution in [1.29, 1.82) is 0 Å². The van der Waals surface area contributed by atoms with Crippen LogP contribution in [0.4, 0.5) is 28.4 Å². The molecule has 9 rings (SSSR count). The Morgan fingerprint density at radius 1 is 0.800 bits per heavy atom. The molecule has 13 nitrogen and oxygen atoms in total. The van der Waals surface area contributed by atoms with E-state index in [4.69, 9.17) is 23.9 Å². The maximum Gasteiger partial charge on any atom is 0.261 e. The fourth-order valence-corrected chi connectivity index (χ4v) is 12.2. The lowest BCUT2D eigenvalue weighted by Gasteiger charge is -2.24. The van der Waals surface area contributed by atoms with Crippen LogP contribution >= 0.6 is 21.6 Å². The normalized spacial score (nSPS) is 16.9. The van der Waals surface area contributed by atoms with Crippen LogP contribution in [-0.4, -0.2) is 72.6 Å². The number of anilines is 4. The van der Waals surface area contributed by atoms with Gasteiger partial charge in [0.25, 0.3) is 11.8 Å². The van der Waals surface area contributed by atoms with Crippen LogP contribution in [0.2, 0.25) is 0 Å². The van der Waals surface area contributed by atoms with E-state index in [1.807, 2.05) is 88.6 Å². The van der Waals surface area contributed by atoms with Crippen molar-refractivity contribution in [3.8, 4) is 23.0 Å². The van der Waals surface area contributed by atoms with Crippen molar-refractivity contribution < 1.29 is 38.1 Å². The number of fused-ring (bicyclic) bond motifs is 8. The Bertz CT molecular complexity index is 2870. The van der Waals surface area contributed by atoms with Crippen LogP contribution in [0.5, 0.6) is 23.0 Å². The molecule has 3 atom stereocenters. The Kier molecular flexibility index (Phi) is 14.5. The number of ketones is 1. The van der Waals surface area contributed by atoms with Gasteiger partial charge in [-0.1, -0.05) is 64.9 Å². The molecule has 0 saturated heterocycles. The molecule has 3 amide bonds. The number of nitrogens with one attached hydrogen (secondary N) is 2. The average molecular weight is 982 g/mol. The van der Waals surface area contributed by atoms with E-state index in [-0.39, 0.29) is 53.5 Å². The van der Waals surface area contributed by atoms with E-state index in [0.29, 0.717) is 88.7 Å². The third kappa shape index (κ3) is 10.7. The quantitative estimate of drug-likeness (QED) is 0.0762. The predicted octanol–water partition coefficient (Wildman–Crippen LogP) is 11.2. The number of hydrogen-bond acceptors (Lipinski definition) is 12. The molecule has 4 heterocycles. The van der Waals surface area contributed by atoms with E-state index in [1.165, 1.54) is 0 Å². The molecule has 364 valence electrons. The number of aliphatic imine (C=N–C) groups is 1. The summed E-state index contributed by atoms with van der Waals surface area (Å²) in [6.07, 6.45) is 6.58. The van der Waals surface area contributed by atoms with E-state index in [0.717, 1.165) is 52.9 Å². The van der Waals surface area contributed by atoms with Gasteiger partial charge >= 0.3 is 0 Å². The molecule has 1 unspecified atom stereocenters. The SMILES string of the molecule is COc1cc2c(cc1OCc1cc(COc3cc4c(cc3OC)C(=O)N3c5ccccc5C[C@H]3CN4)cc(NC(=O)CCCC(C)(C)SSC(C)CCC(C)=O)c1)N=C[C@@H]1Cc3ccccc3N1C2=O. The Labute approximate surface area is 417 Å². The molecule has 4 aliphatic heterocycles. The number of rotatable bonds is 19. The second kappa shape index (κ2) is 20.9. The molecule has 4 aliphatic rings. The standard InChI is InChI=1S/C55H59N5O8S2/c1-33(61)17-18-34(2)69-70-55(3,4)19-11-16-52(62)58-39-21-35(31-67-50-27-44-42(25-48(50)65-5)53(63)59-40(29-56-44)23-37-12-7-9-14-46(37)59)20-36(22-39)32-68-51-28-45-43(26-49(51)66-6)54(64)60-41(30-57-45)24-38-13-8-10-15-47(38)60/h7-10,12-15,20-22,25-29,34,40-41,57H,11,16-19,23-24,30-32H2,1-6H3,(H,58,62)/t34?,40-,41-/m0/s1. The lowest BCUT2D eigenvalue weighted by Crippen LogP contribution is -2.39. The van der Waals surface area contributed by atoms with E-state index < -0.39 is 0 Å². The molecular formula is C55H59N5O8S2. The number of carbonyl (C=O) groups excluding carboxylic acids is 4. The van der Waals surface area contributed by atoms with Crippen molar-refractivity contribution in [1.82, 2.24) is 0 Å². The van der Waals surface area contributed by atoms with E-state index in [1.54, 1.807) is 55.0 Å². The Morgan fingerprint density at radius 3 is 2.11 bits per heavy atom. The summed E-state index contributed by atoms with van der Waals surface area (Å²) in [5, 5.41) is 6.99. The van der Waals surface area contributed by atoms with Crippen molar-refractivity contribution in [2.75, 3.05) is 41.2 Å². The lowest BCUT2D eigenvalue weighted by molar-refractivity contribution is -0.117. The third-order valence-electron chi connectivity index (χ3n) is 13.1. The van der Waals surface area contributed by atoms with E-state index in [9.17, 15) is 19.2 Å². The first-order valence-corrected chi connectivity index (χ1v) is 26.1. The first kappa shape index (κ1) is 48.6. The van der Waals surface area contributed by atoms with Crippen LogP contribution in [-0.2, 0) is 35.6 Å². The van der Waals surface area contributed by atoms with Crippen LogP contribution in [0.25, 0.3) is 0 Å². The molecular weight excluding hydrogens is 923 g/mol. The maximum atomic E-state index is 14.1. The highest BCUT2D eigenvalue weighted by Gasteiger charge is 2.39. The molecule has 0 saturated carbocycles. The summed E-state index contributed by atoms with van der Waals surface area (Å²) in [4.78, 5) is 61.7. The highest BCUT2D eigenvalue weighted by atomic mass is 33.1. The molecule has 5 aromatic rings. The molecule has 15 heteroatoms. The smallest absolute Gasteiger partial charge is 0.261 e. The van der Waals surface area contributed by atoms with Crippen molar-refractivity contribution in [2.45, 2.75) is 108 Å². The molecule has 2 N–H and O–H groups in total. The Balaban J connectivity index is 0.929. The molecule has 0 aliphatic carbocycles. The average Bonchev–Trinajstić information content (AvgIpc) is 3.84. The fourth-order valence-electron chi connectivity index (χ4n) is 9.53. The summed E-state index contributed by atoms with van der Waals surface area (Å²) >= 11 is 0. The fraction of sp³-hybridized carbons (Fsp3) is 0.364. The van der Waals surface area contributed by atoms with Crippen LogP contribution in [0.3, 0.4) is 0 Å². The van der Waals surface area contributed by atoms with E-state index in [2.05, 4.69) is 37.5 Å². The number of ether oxygens (including phenoxy) is 4. The topological polar surface area (TPSA) is 148 Å². The lowest BCUT2D eigenvalue weighted by atomic mass is 10.1. The first-order chi connectivity index (χ1) is 33.8. The van der Waals surface area contributed by atoms with Gasteiger partial charge in [0.05, 0.1) is 48.8 Å². The first-order valence-electron chi connectivity index (χ1n) is 23.8. The van der Waals surface area contributed by atoms with Crippen molar-refractivity contribution in [2.24, 2.45) is 4.99 Å². The summed E-state index contributed by atoms with van der Waals surface area (Å²) in [5.41, 5.74) is 8.23. The number of amides is 3. The van der Waals surface area contributed by atoms with Crippen molar-refractivity contribution >= 4 is 79.7 Å². The number of para-hydroxylation sites is 2. The highest BCUT2D eigenvalue weighted by molar-refractivity contribution is 8.77. The highest BCUT2D eigenvalue weighted by Crippen LogP contribution is 2.44. The minimum absolute atomic E-state index is 0.0225. The zero-order chi connectivity index (χ0) is 49.1. The van der Waals surface area contributed by atoms with Crippen LogP contribution in [0.15, 0.2) is 96.0 Å². The number of benzene rings is 5. The van der Waals surface area contributed by atoms with Gasteiger partial charge in [0.2, 0.25) is 5.91 Å². The molecule has 0 fully saturated rings. The number of methoxy groups -OCH3 is 2. The monoisotopic (exact) mass is 981 g/mol. The van der Waals surface area contributed by atoms with Gasteiger partial charge in [0.15, 0.2) is 23.0 Å². The Morgan fingerprint density at radius 2 is 1.43 bits per heavy atom. The largest absolute Gasteiger partial charge is 0.493 e. The molecule has 0 spiro atoms. The zero-order valence-corrected chi connectivity index (χ0v) is 42.1. The van der Waals surface area contributed by atoms with Gasteiger partial charge in [-0.3, -0.25) is 24.3 Å². The van der Waals surface area contributed by atoms with Gasteiger partial charge in [-0.05, 0) is 111 Å². The summed E-state index contributed by atoms with van der Waals surface area (Å²) in [5.74, 6) is 1.51.